The fourth-order valence-electron chi connectivity index (χ4n) is 3.24. The van der Waals surface area contributed by atoms with Crippen molar-refractivity contribution in [1.29, 1.82) is 0 Å². The van der Waals surface area contributed by atoms with E-state index in [1.165, 1.54) is 0 Å². The number of nitrogens with one attached hydrogen (secondary N) is 1. The highest BCUT2D eigenvalue weighted by atomic mass is 16.5. The van der Waals surface area contributed by atoms with Crippen LogP contribution >= 0.6 is 0 Å². The first-order valence-corrected chi connectivity index (χ1v) is 9.11. The van der Waals surface area contributed by atoms with Crippen molar-refractivity contribution in [3.05, 3.63) is 54.6 Å². The highest BCUT2D eigenvalue weighted by molar-refractivity contribution is 5.94. The molecule has 2 aromatic carbocycles. The normalized spacial score (nSPS) is 16.7. The van der Waals surface area contributed by atoms with Gasteiger partial charge in [0.1, 0.15) is 5.75 Å². The Morgan fingerprint density at radius 3 is 2.56 bits per heavy atom. The Labute approximate surface area is 159 Å². The number of rotatable bonds is 6. The Balaban J connectivity index is 1.65. The maximum absolute atomic E-state index is 12.6. The molecule has 0 spiro atoms. The molecule has 3 rings (SSSR count). The van der Waals surface area contributed by atoms with Gasteiger partial charge in [-0.25, -0.2) is 0 Å². The molecule has 1 saturated heterocycles. The smallest absolute Gasteiger partial charge is 0.239 e. The first-order chi connectivity index (χ1) is 13.0. The van der Waals surface area contributed by atoms with Crippen molar-refractivity contribution in [2.75, 3.05) is 32.5 Å². The zero-order valence-corrected chi connectivity index (χ0v) is 15.7. The number of likely N-dealkylation sites (tertiary alicyclic amines) is 1. The van der Waals surface area contributed by atoms with Crippen LogP contribution < -0.4 is 10.1 Å². The minimum atomic E-state index is -0.221. The lowest BCUT2D eigenvalue weighted by Crippen LogP contribution is -2.45. The lowest BCUT2D eigenvalue weighted by atomic mass is 10.2. The third-order valence-electron chi connectivity index (χ3n) is 4.57. The monoisotopic (exact) mass is 367 g/mol. The highest BCUT2D eigenvalue weighted by Gasteiger charge is 2.32. The lowest BCUT2D eigenvalue weighted by Gasteiger charge is -2.25. The molecule has 6 nitrogen and oxygen atoms in total. The fourth-order valence-corrected chi connectivity index (χ4v) is 3.24. The highest BCUT2D eigenvalue weighted by Crippen LogP contribution is 2.29. The molecule has 142 valence electrons. The van der Waals surface area contributed by atoms with Gasteiger partial charge in [-0.2, -0.15) is 0 Å². The minimum Gasteiger partial charge on any atom is -0.455 e. The molecule has 0 radical (unpaired) electrons. The van der Waals surface area contributed by atoms with Gasteiger partial charge in [0, 0.05) is 14.1 Å². The van der Waals surface area contributed by atoms with E-state index in [1.807, 2.05) is 59.5 Å². The number of carbonyl (C=O) groups excluding carboxylic acids is 2. The number of anilines is 1. The van der Waals surface area contributed by atoms with Crippen LogP contribution in [0, 0.1) is 0 Å². The van der Waals surface area contributed by atoms with Crippen molar-refractivity contribution < 1.29 is 14.3 Å². The number of carbonyl (C=O) groups is 2. The quantitative estimate of drug-likeness (QED) is 0.853. The molecule has 1 N–H and O–H groups in total. The van der Waals surface area contributed by atoms with Gasteiger partial charge < -0.3 is 15.0 Å². The average Bonchev–Trinajstić information content (AvgIpc) is 3.11. The van der Waals surface area contributed by atoms with E-state index in [0.717, 1.165) is 19.4 Å². The molecule has 0 saturated carbocycles. The van der Waals surface area contributed by atoms with E-state index in [0.29, 0.717) is 17.2 Å². The number of hydrogen-bond donors (Lipinski definition) is 1. The molecule has 1 aliphatic rings. The second-order valence-electron chi connectivity index (χ2n) is 6.82. The van der Waals surface area contributed by atoms with Crippen molar-refractivity contribution in [3.8, 4) is 11.5 Å². The van der Waals surface area contributed by atoms with Crippen molar-refractivity contribution >= 4 is 17.5 Å². The van der Waals surface area contributed by atoms with Crippen molar-refractivity contribution in [3.63, 3.8) is 0 Å². The van der Waals surface area contributed by atoms with Crippen LogP contribution in [0.4, 0.5) is 5.69 Å². The molecule has 1 fully saturated rings. The Kier molecular flexibility index (Phi) is 6.08. The molecule has 2 amide bonds. The van der Waals surface area contributed by atoms with Crippen LogP contribution in [0.25, 0.3) is 0 Å². The molecule has 27 heavy (non-hydrogen) atoms. The molecule has 2 aromatic rings. The summed E-state index contributed by atoms with van der Waals surface area (Å²) in [5.74, 6) is 1.18. The number of para-hydroxylation sites is 3. The standard InChI is InChI=1S/C21H25N3O3/c1-23(2)21(26)18-12-8-14-24(18)15-20(25)22-17-11-6-7-13-19(17)27-16-9-4-3-5-10-16/h3-7,9-11,13,18H,8,12,14-15H2,1-2H3,(H,22,25)/t18-/m1/s1. The largest absolute Gasteiger partial charge is 0.455 e. The number of amides is 2. The summed E-state index contributed by atoms with van der Waals surface area (Å²) in [6.07, 6.45) is 1.71. The van der Waals surface area contributed by atoms with E-state index >= 15 is 0 Å². The summed E-state index contributed by atoms with van der Waals surface area (Å²) in [5, 5.41) is 2.92. The van der Waals surface area contributed by atoms with Gasteiger partial charge in [-0.05, 0) is 43.7 Å². The summed E-state index contributed by atoms with van der Waals surface area (Å²) in [5.41, 5.74) is 0.612. The Hall–Kier alpha value is -2.86. The predicted molar refractivity (Wildman–Crippen MR) is 105 cm³/mol. The third kappa shape index (κ3) is 4.86. The van der Waals surface area contributed by atoms with Gasteiger partial charge in [-0.3, -0.25) is 14.5 Å². The van der Waals surface area contributed by atoms with E-state index in [9.17, 15) is 9.59 Å². The number of ether oxygens (including phenoxy) is 1. The van der Waals surface area contributed by atoms with Crippen molar-refractivity contribution in [1.82, 2.24) is 9.80 Å². The van der Waals surface area contributed by atoms with Crippen LogP contribution in [-0.2, 0) is 9.59 Å². The summed E-state index contributed by atoms with van der Waals surface area (Å²) in [6, 6.07) is 16.5. The molecule has 0 aromatic heterocycles. The zero-order valence-electron chi connectivity index (χ0n) is 15.7. The van der Waals surface area contributed by atoms with E-state index in [-0.39, 0.29) is 24.4 Å². The van der Waals surface area contributed by atoms with Crippen LogP contribution in [0.15, 0.2) is 54.6 Å². The van der Waals surface area contributed by atoms with Crippen LogP contribution in [0.3, 0.4) is 0 Å². The summed E-state index contributed by atoms with van der Waals surface area (Å²) in [7, 11) is 3.49. The topological polar surface area (TPSA) is 61.9 Å². The van der Waals surface area contributed by atoms with E-state index in [2.05, 4.69) is 5.32 Å². The lowest BCUT2D eigenvalue weighted by molar-refractivity contribution is -0.133. The van der Waals surface area contributed by atoms with Crippen LogP contribution in [-0.4, -0.2) is 54.8 Å². The average molecular weight is 367 g/mol. The molecule has 6 heteroatoms. The van der Waals surface area contributed by atoms with Crippen LogP contribution in [0.2, 0.25) is 0 Å². The summed E-state index contributed by atoms with van der Waals surface area (Å²) in [4.78, 5) is 28.4. The van der Waals surface area contributed by atoms with E-state index in [4.69, 9.17) is 4.74 Å². The first kappa shape index (κ1) is 18.9. The van der Waals surface area contributed by atoms with Crippen LogP contribution in [0.1, 0.15) is 12.8 Å². The van der Waals surface area contributed by atoms with Crippen molar-refractivity contribution in [2.45, 2.75) is 18.9 Å². The van der Waals surface area contributed by atoms with Gasteiger partial charge >= 0.3 is 0 Å². The molecule has 0 aliphatic carbocycles. The Morgan fingerprint density at radius 2 is 1.81 bits per heavy atom. The number of benzene rings is 2. The maximum atomic E-state index is 12.6. The predicted octanol–water partition coefficient (Wildman–Crippen LogP) is 2.97. The molecule has 1 atom stereocenters. The van der Waals surface area contributed by atoms with E-state index < -0.39 is 0 Å². The second kappa shape index (κ2) is 8.68. The van der Waals surface area contributed by atoms with E-state index in [1.54, 1.807) is 19.0 Å². The van der Waals surface area contributed by atoms with Crippen molar-refractivity contribution in [2.24, 2.45) is 0 Å². The molecule has 1 heterocycles. The maximum Gasteiger partial charge on any atom is 0.239 e. The van der Waals surface area contributed by atoms with Gasteiger partial charge in [-0.15, -0.1) is 0 Å². The van der Waals surface area contributed by atoms with Crippen LogP contribution in [0.5, 0.6) is 11.5 Å². The minimum absolute atomic E-state index is 0.0492. The van der Waals surface area contributed by atoms with Gasteiger partial charge in [0.2, 0.25) is 11.8 Å². The summed E-state index contributed by atoms with van der Waals surface area (Å²) in [6.45, 7) is 0.934. The molecule has 1 aliphatic heterocycles. The third-order valence-corrected chi connectivity index (χ3v) is 4.57. The Bertz CT molecular complexity index is 792. The van der Waals surface area contributed by atoms with Gasteiger partial charge in [0.25, 0.3) is 0 Å². The number of nitrogens with zero attached hydrogens (tertiary/aromatic N) is 2. The molecular weight excluding hydrogens is 342 g/mol. The Morgan fingerprint density at radius 1 is 1.11 bits per heavy atom. The fraction of sp³-hybridized carbons (Fsp3) is 0.333. The number of hydrogen-bond acceptors (Lipinski definition) is 4. The van der Waals surface area contributed by atoms with Gasteiger partial charge in [0.15, 0.2) is 5.75 Å². The molecular formula is C21H25N3O3. The summed E-state index contributed by atoms with van der Waals surface area (Å²) >= 11 is 0. The second-order valence-corrected chi connectivity index (χ2v) is 6.82. The number of likely N-dealkylation sites (N-methyl/N-ethyl adjacent to an activating group) is 1. The summed E-state index contributed by atoms with van der Waals surface area (Å²) < 4.78 is 5.88. The van der Waals surface area contributed by atoms with Gasteiger partial charge in [0.05, 0.1) is 18.3 Å². The first-order valence-electron chi connectivity index (χ1n) is 9.11. The zero-order chi connectivity index (χ0) is 19.2. The van der Waals surface area contributed by atoms with Gasteiger partial charge in [-0.1, -0.05) is 30.3 Å². The SMILES string of the molecule is CN(C)C(=O)[C@H]1CCCN1CC(=O)Nc1ccccc1Oc1ccccc1. The molecule has 0 bridgehead atoms. The molecule has 0 unspecified atom stereocenters.